The van der Waals surface area contributed by atoms with Gasteiger partial charge in [0, 0.05) is 50.5 Å². The monoisotopic (exact) mass is 387 g/mol. The Hall–Kier alpha value is -1.79. The van der Waals surface area contributed by atoms with Crippen LogP contribution in [0.3, 0.4) is 0 Å². The number of hydrogen-bond donors (Lipinski definition) is 3. The number of para-hydroxylation sites is 1. The van der Waals surface area contributed by atoms with Crippen LogP contribution in [0.2, 0.25) is 0 Å². The van der Waals surface area contributed by atoms with E-state index in [4.69, 9.17) is 4.99 Å². The molecule has 0 radical (unpaired) electrons. The number of benzene rings is 1. The van der Waals surface area contributed by atoms with Gasteiger partial charge in [-0.05, 0) is 51.7 Å². The van der Waals surface area contributed by atoms with Crippen molar-refractivity contribution in [3.05, 3.63) is 30.3 Å². The quantitative estimate of drug-likeness (QED) is 0.515. The predicted octanol–water partition coefficient (Wildman–Crippen LogP) is 2.06. The van der Waals surface area contributed by atoms with Gasteiger partial charge in [0.2, 0.25) is 0 Å². The van der Waals surface area contributed by atoms with Gasteiger partial charge in [0.1, 0.15) is 0 Å². The highest BCUT2D eigenvalue weighted by Crippen LogP contribution is 2.18. The van der Waals surface area contributed by atoms with Crippen LogP contribution in [-0.2, 0) is 0 Å². The van der Waals surface area contributed by atoms with E-state index in [2.05, 4.69) is 64.6 Å². The molecule has 3 rings (SSSR count). The van der Waals surface area contributed by atoms with Gasteiger partial charge in [-0.1, -0.05) is 18.2 Å². The van der Waals surface area contributed by atoms with E-state index in [1.54, 1.807) is 0 Å². The molecule has 0 spiro atoms. The van der Waals surface area contributed by atoms with E-state index in [-0.39, 0.29) is 6.10 Å². The van der Waals surface area contributed by atoms with Crippen molar-refractivity contribution < 1.29 is 5.11 Å². The Balaban J connectivity index is 1.46. The highest BCUT2D eigenvalue weighted by atomic mass is 16.3. The average molecular weight is 388 g/mol. The van der Waals surface area contributed by atoms with Crippen LogP contribution in [0.4, 0.5) is 5.69 Å². The lowest BCUT2D eigenvalue weighted by Gasteiger charge is -2.38. The van der Waals surface area contributed by atoms with E-state index >= 15 is 0 Å². The fourth-order valence-electron chi connectivity index (χ4n) is 4.13. The van der Waals surface area contributed by atoms with Gasteiger partial charge in [-0.3, -0.25) is 9.89 Å². The Kier molecular flexibility index (Phi) is 7.98. The molecule has 1 heterocycles. The lowest BCUT2D eigenvalue weighted by atomic mass is 9.93. The number of anilines is 1. The lowest BCUT2D eigenvalue weighted by molar-refractivity contribution is 0.120. The molecule has 0 aromatic heterocycles. The Morgan fingerprint density at radius 1 is 1.11 bits per heavy atom. The molecule has 6 nitrogen and oxygen atoms in total. The second-order valence-electron chi connectivity index (χ2n) is 8.08. The minimum atomic E-state index is -0.118. The normalized spacial score (nSPS) is 25.4. The first-order valence-electron chi connectivity index (χ1n) is 10.9. The molecule has 0 bridgehead atoms. The second kappa shape index (κ2) is 10.7. The van der Waals surface area contributed by atoms with Gasteiger partial charge >= 0.3 is 0 Å². The van der Waals surface area contributed by atoms with Crippen LogP contribution in [0.25, 0.3) is 0 Å². The van der Waals surface area contributed by atoms with Crippen molar-refractivity contribution in [2.75, 3.05) is 44.2 Å². The first-order chi connectivity index (χ1) is 13.7. The molecule has 1 aliphatic carbocycles. The summed E-state index contributed by atoms with van der Waals surface area (Å²) in [7, 11) is 0. The van der Waals surface area contributed by atoms with Gasteiger partial charge in [0.05, 0.1) is 12.6 Å². The van der Waals surface area contributed by atoms with Crippen LogP contribution in [0, 0.1) is 0 Å². The lowest BCUT2D eigenvalue weighted by Crippen LogP contribution is -2.51. The molecule has 1 unspecified atom stereocenters. The minimum absolute atomic E-state index is 0.118. The molecule has 1 aliphatic heterocycles. The van der Waals surface area contributed by atoms with E-state index in [1.165, 1.54) is 5.69 Å². The molecule has 28 heavy (non-hydrogen) atoms. The fraction of sp³-hybridized carbons (Fsp3) is 0.682. The Morgan fingerprint density at radius 3 is 2.43 bits per heavy atom. The van der Waals surface area contributed by atoms with Gasteiger partial charge in [0.15, 0.2) is 5.96 Å². The maximum atomic E-state index is 9.69. The Labute approximate surface area is 170 Å². The third-order valence-electron chi connectivity index (χ3n) is 5.95. The summed E-state index contributed by atoms with van der Waals surface area (Å²) in [5.74, 6) is 0.915. The second-order valence-corrected chi connectivity index (χ2v) is 8.08. The SMILES string of the molecule is CCNC(=NCC(C)N1CCN(c2ccccc2)CC1)NC1CCC(O)CC1. The number of nitrogens with one attached hydrogen (secondary N) is 2. The van der Waals surface area contributed by atoms with Gasteiger partial charge < -0.3 is 20.6 Å². The van der Waals surface area contributed by atoms with Crippen LogP contribution >= 0.6 is 0 Å². The van der Waals surface area contributed by atoms with Crippen LogP contribution in [0.15, 0.2) is 35.3 Å². The van der Waals surface area contributed by atoms with Crippen molar-refractivity contribution in [1.29, 1.82) is 0 Å². The number of aliphatic hydroxyl groups is 1. The minimum Gasteiger partial charge on any atom is -0.393 e. The van der Waals surface area contributed by atoms with Crippen LogP contribution in [-0.4, -0.2) is 73.4 Å². The number of hydrogen-bond acceptors (Lipinski definition) is 4. The summed E-state index contributed by atoms with van der Waals surface area (Å²) >= 11 is 0. The van der Waals surface area contributed by atoms with Gasteiger partial charge in [-0.15, -0.1) is 0 Å². The fourth-order valence-corrected chi connectivity index (χ4v) is 4.13. The molecule has 1 saturated carbocycles. The zero-order valence-electron chi connectivity index (χ0n) is 17.5. The van der Waals surface area contributed by atoms with Crippen molar-refractivity contribution in [3.63, 3.8) is 0 Å². The first kappa shape index (κ1) is 20.9. The molecule has 2 aliphatic rings. The van der Waals surface area contributed by atoms with Gasteiger partial charge in [-0.2, -0.15) is 0 Å². The number of aliphatic imine (C=N–C) groups is 1. The topological polar surface area (TPSA) is 63.1 Å². The van der Waals surface area contributed by atoms with E-state index in [0.717, 1.165) is 70.9 Å². The number of nitrogens with zero attached hydrogens (tertiary/aromatic N) is 3. The highest BCUT2D eigenvalue weighted by molar-refractivity contribution is 5.80. The van der Waals surface area contributed by atoms with Crippen molar-refractivity contribution in [1.82, 2.24) is 15.5 Å². The van der Waals surface area contributed by atoms with Crippen molar-refractivity contribution in [2.45, 2.75) is 57.7 Å². The number of guanidine groups is 1. The smallest absolute Gasteiger partial charge is 0.191 e. The Morgan fingerprint density at radius 2 is 1.79 bits per heavy atom. The molecule has 1 aromatic carbocycles. The molecule has 6 heteroatoms. The predicted molar refractivity (Wildman–Crippen MR) is 117 cm³/mol. The zero-order valence-corrected chi connectivity index (χ0v) is 17.5. The van der Waals surface area contributed by atoms with Gasteiger partial charge in [-0.25, -0.2) is 0 Å². The number of rotatable bonds is 6. The molecule has 1 atom stereocenters. The Bertz CT molecular complexity index is 592. The van der Waals surface area contributed by atoms with Crippen molar-refractivity contribution in [2.24, 2.45) is 4.99 Å². The molecule has 1 saturated heterocycles. The van der Waals surface area contributed by atoms with Crippen LogP contribution in [0.5, 0.6) is 0 Å². The van der Waals surface area contributed by atoms with E-state index < -0.39 is 0 Å². The molecule has 2 fully saturated rings. The third kappa shape index (κ3) is 6.11. The maximum Gasteiger partial charge on any atom is 0.191 e. The largest absolute Gasteiger partial charge is 0.393 e. The third-order valence-corrected chi connectivity index (χ3v) is 5.95. The molecule has 156 valence electrons. The summed E-state index contributed by atoms with van der Waals surface area (Å²) in [6.07, 6.45) is 3.69. The molecule has 0 amide bonds. The summed E-state index contributed by atoms with van der Waals surface area (Å²) < 4.78 is 0. The van der Waals surface area contributed by atoms with E-state index in [9.17, 15) is 5.11 Å². The van der Waals surface area contributed by atoms with Crippen molar-refractivity contribution >= 4 is 11.6 Å². The molecule has 1 aromatic rings. The van der Waals surface area contributed by atoms with Crippen LogP contribution in [0.1, 0.15) is 39.5 Å². The first-order valence-corrected chi connectivity index (χ1v) is 10.9. The van der Waals surface area contributed by atoms with Crippen molar-refractivity contribution in [3.8, 4) is 0 Å². The standard InChI is InChI=1S/C22H37N5O/c1-3-23-22(25-19-9-11-21(28)12-10-19)24-17-18(2)26-13-15-27(16-14-26)20-7-5-4-6-8-20/h4-8,18-19,21,28H,3,9-17H2,1-2H3,(H2,23,24,25). The molecular weight excluding hydrogens is 350 g/mol. The summed E-state index contributed by atoms with van der Waals surface area (Å²) in [6, 6.07) is 11.5. The van der Waals surface area contributed by atoms with E-state index in [0.29, 0.717) is 12.1 Å². The highest BCUT2D eigenvalue weighted by Gasteiger charge is 2.22. The van der Waals surface area contributed by atoms with Gasteiger partial charge in [0.25, 0.3) is 0 Å². The number of piperazine rings is 1. The zero-order chi connectivity index (χ0) is 19.8. The number of aliphatic hydroxyl groups excluding tert-OH is 1. The summed E-state index contributed by atoms with van der Waals surface area (Å²) in [5, 5.41) is 16.6. The van der Waals surface area contributed by atoms with E-state index in [1.807, 2.05) is 0 Å². The summed E-state index contributed by atoms with van der Waals surface area (Å²) in [5.41, 5.74) is 1.32. The molecule has 3 N–H and O–H groups in total. The maximum absolute atomic E-state index is 9.69. The van der Waals surface area contributed by atoms with Crippen LogP contribution < -0.4 is 15.5 Å². The summed E-state index contributed by atoms with van der Waals surface area (Å²) in [4.78, 5) is 9.87. The summed E-state index contributed by atoms with van der Waals surface area (Å²) in [6.45, 7) is 10.4. The average Bonchev–Trinajstić information content (AvgIpc) is 2.74. The molecular formula is C22H37N5O.